The van der Waals surface area contributed by atoms with Gasteiger partial charge in [-0.1, -0.05) is 48.5 Å². The first-order valence-corrected chi connectivity index (χ1v) is 6.42. The second-order valence-corrected chi connectivity index (χ2v) is 5.28. The topological polar surface area (TPSA) is 40.9 Å². The summed E-state index contributed by atoms with van der Waals surface area (Å²) in [6.07, 6.45) is 0.824. The van der Waals surface area contributed by atoms with E-state index in [1.165, 1.54) is 0 Å². The van der Waals surface area contributed by atoms with Crippen LogP contribution in [-0.4, -0.2) is 5.78 Å². The maximum atomic E-state index is 12.5. The molecule has 0 aromatic heterocycles. The lowest BCUT2D eigenvalue weighted by molar-refractivity contribution is 0.103. The third-order valence-electron chi connectivity index (χ3n) is 4.42. The average Bonchev–Trinajstić information content (AvgIpc) is 3.21. The summed E-state index contributed by atoms with van der Waals surface area (Å²) in [5, 5.41) is 9.31. The Balaban J connectivity index is 2.08. The number of carbonyl (C=O) groups is 1. The minimum Gasteiger partial charge on any atom is -0.289 e. The average molecular weight is 245 g/mol. The Labute approximate surface area is 111 Å². The summed E-state index contributed by atoms with van der Waals surface area (Å²) in [5.41, 5.74) is 3.35. The van der Waals surface area contributed by atoms with Gasteiger partial charge in [0.05, 0.1) is 12.0 Å². The van der Waals surface area contributed by atoms with Crippen LogP contribution in [0.2, 0.25) is 0 Å². The van der Waals surface area contributed by atoms with Gasteiger partial charge in [0.2, 0.25) is 0 Å². The number of ketones is 1. The van der Waals surface area contributed by atoms with Crippen LogP contribution in [-0.2, 0) is 5.41 Å². The van der Waals surface area contributed by atoms with Crippen molar-refractivity contribution in [2.75, 3.05) is 0 Å². The lowest BCUT2D eigenvalue weighted by Gasteiger charge is -2.27. The van der Waals surface area contributed by atoms with Gasteiger partial charge in [0.15, 0.2) is 5.78 Å². The van der Waals surface area contributed by atoms with E-state index in [1.54, 1.807) is 0 Å². The van der Waals surface area contributed by atoms with E-state index in [9.17, 15) is 10.1 Å². The summed E-state index contributed by atoms with van der Waals surface area (Å²) in [6.45, 7) is 0. The second kappa shape index (κ2) is 3.33. The molecule has 4 rings (SSSR count). The Morgan fingerprint density at radius 2 is 1.53 bits per heavy atom. The zero-order valence-electron chi connectivity index (χ0n) is 10.3. The molecule has 19 heavy (non-hydrogen) atoms. The van der Waals surface area contributed by atoms with Crippen molar-refractivity contribution < 1.29 is 4.79 Å². The molecule has 2 aromatic carbocycles. The second-order valence-electron chi connectivity index (χ2n) is 5.28. The fourth-order valence-electron chi connectivity index (χ4n) is 3.44. The minimum absolute atomic E-state index is 0.0112. The lowest BCUT2D eigenvalue weighted by atomic mass is 9.74. The largest absolute Gasteiger partial charge is 0.289 e. The first-order valence-electron chi connectivity index (χ1n) is 6.42. The molecular weight excluding hydrogens is 234 g/mol. The van der Waals surface area contributed by atoms with Crippen molar-refractivity contribution in [2.45, 2.75) is 11.8 Å². The van der Waals surface area contributed by atoms with E-state index >= 15 is 0 Å². The first kappa shape index (κ1) is 10.5. The molecule has 0 amide bonds. The maximum Gasteiger partial charge on any atom is 0.193 e. The summed E-state index contributed by atoms with van der Waals surface area (Å²) in [6, 6.07) is 17.8. The number of nitriles is 1. The van der Waals surface area contributed by atoms with E-state index in [4.69, 9.17) is 0 Å². The number of carbonyl (C=O) groups excluding carboxylic acids is 1. The van der Waals surface area contributed by atoms with Gasteiger partial charge in [-0.3, -0.25) is 4.79 Å². The Morgan fingerprint density at radius 1 is 1.00 bits per heavy atom. The molecule has 0 heterocycles. The van der Waals surface area contributed by atoms with Crippen molar-refractivity contribution in [1.82, 2.24) is 0 Å². The van der Waals surface area contributed by atoms with Gasteiger partial charge in [-0.25, -0.2) is 0 Å². The number of hydrogen-bond donors (Lipinski definition) is 0. The molecule has 0 aliphatic heterocycles. The molecule has 2 aromatic rings. The van der Waals surface area contributed by atoms with Crippen molar-refractivity contribution in [3.8, 4) is 6.07 Å². The zero-order chi connectivity index (χ0) is 13.0. The molecule has 90 valence electrons. The van der Waals surface area contributed by atoms with Crippen molar-refractivity contribution >= 4 is 5.78 Å². The van der Waals surface area contributed by atoms with Crippen molar-refractivity contribution in [2.24, 2.45) is 5.92 Å². The Hall–Kier alpha value is -2.40. The number of benzene rings is 2. The molecule has 0 unspecified atom stereocenters. The van der Waals surface area contributed by atoms with Crippen LogP contribution >= 0.6 is 0 Å². The first-order chi connectivity index (χ1) is 9.29. The number of fused-ring (bicyclic) bond motifs is 4. The van der Waals surface area contributed by atoms with Crippen molar-refractivity contribution in [3.05, 3.63) is 70.8 Å². The quantitative estimate of drug-likeness (QED) is 0.715. The molecule has 2 aliphatic carbocycles. The van der Waals surface area contributed by atoms with E-state index in [2.05, 4.69) is 6.07 Å². The molecule has 0 bridgehead atoms. The van der Waals surface area contributed by atoms with E-state index in [1.807, 2.05) is 48.5 Å². The van der Waals surface area contributed by atoms with Crippen LogP contribution in [0.1, 0.15) is 33.5 Å². The number of hydrogen-bond acceptors (Lipinski definition) is 2. The van der Waals surface area contributed by atoms with Crippen LogP contribution in [0.4, 0.5) is 0 Å². The van der Waals surface area contributed by atoms with Gasteiger partial charge < -0.3 is 0 Å². The Morgan fingerprint density at radius 3 is 2.00 bits per heavy atom. The standard InChI is InChI=1S/C17H11NO/c18-10-11-9-17(11)14-7-3-1-5-12(14)16(19)13-6-2-4-8-15(13)17/h1-8,11H,9H2/t11-/m0/s1. The Bertz CT molecular complexity index is 704. The summed E-state index contributed by atoms with van der Waals surface area (Å²) in [7, 11) is 0. The highest BCUT2D eigenvalue weighted by Crippen LogP contribution is 2.61. The molecular formula is C17H11NO. The van der Waals surface area contributed by atoms with Crippen LogP contribution in [0.15, 0.2) is 48.5 Å². The molecule has 0 N–H and O–H groups in total. The molecule has 1 saturated carbocycles. The van der Waals surface area contributed by atoms with Gasteiger partial charge in [0, 0.05) is 16.5 Å². The molecule has 1 spiro atoms. The highest BCUT2D eigenvalue weighted by atomic mass is 16.1. The number of rotatable bonds is 0. The van der Waals surface area contributed by atoms with Crippen LogP contribution in [0, 0.1) is 17.2 Å². The SMILES string of the molecule is N#C[C@@H]1CC12c1ccccc1C(=O)c1ccccc12. The van der Waals surface area contributed by atoms with Gasteiger partial charge in [-0.15, -0.1) is 0 Å². The highest BCUT2D eigenvalue weighted by Gasteiger charge is 2.61. The van der Waals surface area contributed by atoms with E-state index < -0.39 is 0 Å². The highest BCUT2D eigenvalue weighted by molar-refractivity contribution is 6.13. The third kappa shape index (κ3) is 1.13. The van der Waals surface area contributed by atoms with E-state index in [0.717, 1.165) is 28.7 Å². The van der Waals surface area contributed by atoms with Crippen LogP contribution < -0.4 is 0 Å². The molecule has 1 atom stereocenters. The van der Waals surface area contributed by atoms with Gasteiger partial charge in [-0.2, -0.15) is 5.26 Å². The van der Waals surface area contributed by atoms with Crippen molar-refractivity contribution in [3.63, 3.8) is 0 Å². The summed E-state index contributed by atoms with van der Waals surface area (Å²) >= 11 is 0. The monoisotopic (exact) mass is 245 g/mol. The van der Waals surface area contributed by atoms with Crippen LogP contribution in [0.25, 0.3) is 0 Å². The van der Waals surface area contributed by atoms with Crippen molar-refractivity contribution in [1.29, 1.82) is 5.26 Å². The van der Waals surface area contributed by atoms with Gasteiger partial charge >= 0.3 is 0 Å². The van der Waals surface area contributed by atoms with Gasteiger partial charge in [0.25, 0.3) is 0 Å². The third-order valence-corrected chi connectivity index (χ3v) is 4.42. The molecule has 0 radical (unpaired) electrons. The Kier molecular flexibility index (Phi) is 1.84. The predicted molar refractivity (Wildman–Crippen MR) is 70.8 cm³/mol. The van der Waals surface area contributed by atoms with E-state index in [-0.39, 0.29) is 17.1 Å². The van der Waals surface area contributed by atoms with E-state index in [0.29, 0.717) is 0 Å². The molecule has 2 nitrogen and oxygen atoms in total. The van der Waals surface area contributed by atoms with Crippen LogP contribution in [0.3, 0.4) is 0 Å². The molecule has 2 aliphatic rings. The zero-order valence-corrected chi connectivity index (χ0v) is 10.3. The van der Waals surface area contributed by atoms with Gasteiger partial charge in [0.1, 0.15) is 0 Å². The lowest BCUT2D eigenvalue weighted by Crippen LogP contribution is -2.25. The molecule has 1 fully saturated rings. The fraction of sp³-hybridized carbons (Fsp3) is 0.176. The maximum absolute atomic E-state index is 12.5. The smallest absolute Gasteiger partial charge is 0.193 e. The minimum atomic E-state index is -0.240. The fourth-order valence-corrected chi connectivity index (χ4v) is 3.44. The van der Waals surface area contributed by atoms with Gasteiger partial charge in [-0.05, 0) is 17.5 Å². The normalized spacial score (nSPS) is 21.4. The summed E-state index contributed by atoms with van der Waals surface area (Å²) in [5.74, 6) is 0.0725. The predicted octanol–water partition coefficient (Wildman–Crippen LogP) is 3.06. The number of nitrogens with zero attached hydrogens (tertiary/aromatic N) is 1. The summed E-state index contributed by atoms with van der Waals surface area (Å²) < 4.78 is 0. The summed E-state index contributed by atoms with van der Waals surface area (Å²) in [4.78, 5) is 12.5. The molecule has 2 heteroatoms. The molecule has 0 saturated heterocycles. The van der Waals surface area contributed by atoms with Crippen LogP contribution in [0.5, 0.6) is 0 Å².